The van der Waals surface area contributed by atoms with Crippen LogP contribution in [0.1, 0.15) is 6.92 Å². The molecule has 0 fully saturated rings. The molecule has 1 aromatic carbocycles. The molecular formula is C9H11Cl2N3O2. The van der Waals surface area contributed by atoms with E-state index in [1.165, 1.54) is 0 Å². The van der Waals surface area contributed by atoms with E-state index in [0.717, 1.165) is 0 Å². The molecule has 4 N–H and O–H groups in total. The van der Waals surface area contributed by atoms with Gasteiger partial charge in [-0.2, -0.15) is 0 Å². The number of hydrazine groups is 1. The van der Waals surface area contributed by atoms with E-state index in [1.807, 2.05) is 5.59 Å². The van der Waals surface area contributed by atoms with Crippen molar-refractivity contribution >= 4 is 34.9 Å². The molecular weight excluding hydrogens is 253 g/mol. The van der Waals surface area contributed by atoms with Crippen LogP contribution in [0.5, 0.6) is 0 Å². The van der Waals surface area contributed by atoms with Crippen molar-refractivity contribution in [1.29, 1.82) is 0 Å². The largest absolute Gasteiger partial charge is 0.372 e. The van der Waals surface area contributed by atoms with Crippen LogP contribution in [0.2, 0.25) is 10.0 Å². The van der Waals surface area contributed by atoms with E-state index in [4.69, 9.17) is 29.0 Å². The summed E-state index contributed by atoms with van der Waals surface area (Å²) < 4.78 is 0. The molecule has 88 valence electrons. The normalized spacial score (nSPS) is 12.0. The summed E-state index contributed by atoms with van der Waals surface area (Å²) in [6.45, 7) is 1.63. The van der Waals surface area contributed by atoms with Crippen molar-refractivity contribution in [2.45, 2.75) is 13.0 Å². The molecule has 0 aliphatic rings. The third kappa shape index (κ3) is 3.53. The third-order valence-electron chi connectivity index (χ3n) is 1.82. The highest BCUT2D eigenvalue weighted by atomic mass is 35.5. The lowest BCUT2D eigenvalue weighted by atomic mass is 10.2. The van der Waals surface area contributed by atoms with Crippen LogP contribution in [0.4, 0.5) is 5.69 Å². The molecule has 1 rings (SSSR count). The van der Waals surface area contributed by atoms with Gasteiger partial charge in [-0.05, 0) is 25.1 Å². The summed E-state index contributed by atoms with van der Waals surface area (Å²) in [6.07, 6.45) is 0. The molecule has 0 radical (unpaired) electrons. The van der Waals surface area contributed by atoms with E-state index in [1.54, 1.807) is 25.1 Å². The first kappa shape index (κ1) is 13.1. The van der Waals surface area contributed by atoms with Crippen LogP contribution in [0.15, 0.2) is 18.2 Å². The van der Waals surface area contributed by atoms with Crippen LogP contribution in [0.25, 0.3) is 0 Å². The molecule has 0 aliphatic heterocycles. The van der Waals surface area contributed by atoms with E-state index >= 15 is 0 Å². The maximum absolute atomic E-state index is 11.2. The molecule has 1 aromatic rings. The molecule has 0 aromatic heterocycles. The van der Waals surface area contributed by atoms with Crippen molar-refractivity contribution in [2.24, 2.45) is 5.84 Å². The molecule has 7 heteroatoms. The van der Waals surface area contributed by atoms with Crippen molar-refractivity contribution in [3.05, 3.63) is 28.2 Å². The smallest absolute Gasteiger partial charge is 0.348 e. The van der Waals surface area contributed by atoms with Crippen LogP contribution in [-0.4, -0.2) is 12.0 Å². The van der Waals surface area contributed by atoms with E-state index < -0.39 is 12.0 Å². The van der Waals surface area contributed by atoms with Crippen LogP contribution in [0, 0.1) is 0 Å². The minimum Gasteiger partial charge on any atom is -0.372 e. The molecule has 5 nitrogen and oxygen atoms in total. The number of nitrogens with two attached hydrogens (primary N) is 1. The quantitative estimate of drug-likeness (QED) is 0.570. The minimum atomic E-state index is -0.562. The number of hydrogen-bond donors (Lipinski definition) is 3. The second-order valence-electron chi connectivity index (χ2n) is 3.03. The number of nitrogens with one attached hydrogen (secondary N) is 2. The summed E-state index contributed by atoms with van der Waals surface area (Å²) in [6, 6.07) is 4.39. The van der Waals surface area contributed by atoms with E-state index in [0.29, 0.717) is 15.7 Å². The maximum Gasteiger partial charge on any atom is 0.348 e. The highest BCUT2D eigenvalue weighted by molar-refractivity contribution is 6.42. The fourth-order valence-corrected chi connectivity index (χ4v) is 1.34. The van der Waals surface area contributed by atoms with Crippen molar-refractivity contribution in [2.75, 3.05) is 5.32 Å². The van der Waals surface area contributed by atoms with Gasteiger partial charge >= 0.3 is 5.97 Å². The fraction of sp³-hybridized carbons (Fsp3) is 0.222. The summed E-state index contributed by atoms with van der Waals surface area (Å²) in [5.41, 5.74) is 2.48. The van der Waals surface area contributed by atoms with Gasteiger partial charge in [0, 0.05) is 5.69 Å². The molecule has 0 saturated heterocycles. The molecule has 0 bridgehead atoms. The molecule has 0 amide bonds. The van der Waals surface area contributed by atoms with Crippen molar-refractivity contribution in [1.82, 2.24) is 5.59 Å². The van der Waals surface area contributed by atoms with Gasteiger partial charge in [-0.1, -0.05) is 28.8 Å². The number of carbonyl (C=O) groups is 1. The highest BCUT2D eigenvalue weighted by Gasteiger charge is 2.14. The lowest BCUT2D eigenvalue weighted by Gasteiger charge is -2.13. The zero-order chi connectivity index (χ0) is 12.1. The second-order valence-corrected chi connectivity index (χ2v) is 3.85. The SMILES string of the molecule is C[C@@H](Nc1ccc(Cl)c(Cl)c1)C(=O)ONN. The van der Waals surface area contributed by atoms with Gasteiger partial charge in [0.15, 0.2) is 0 Å². The summed E-state index contributed by atoms with van der Waals surface area (Å²) in [5.74, 6) is 4.31. The first-order valence-electron chi connectivity index (χ1n) is 4.42. The summed E-state index contributed by atoms with van der Waals surface area (Å²) in [4.78, 5) is 15.6. The number of hydrogen-bond acceptors (Lipinski definition) is 5. The van der Waals surface area contributed by atoms with Gasteiger partial charge in [-0.3, -0.25) is 0 Å². The van der Waals surface area contributed by atoms with Gasteiger partial charge in [0.25, 0.3) is 0 Å². The number of halogens is 2. The monoisotopic (exact) mass is 263 g/mol. The standard InChI is InChI=1S/C9H11Cl2N3O2/c1-5(9(15)16-14-12)13-6-2-3-7(10)8(11)4-6/h2-5,13-14H,12H2,1H3/t5-/m1/s1. The average molecular weight is 264 g/mol. The molecule has 0 saturated carbocycles. The summed E-state index contributed by atoms with van der Waals surface area (Å²) >= 11 is 11.6. The Morgan fingerprint density at radius 3 is 2.69 bits per heavy atom. The highest BCUT2D eigenvalue weighted by Crippen LogP contribution is 2.25. The van der Waals surface area contributed by atoms with Gasteiger partial charge < -0.3 is 10.2 Å². The van der Waals surface area contributed by atoms with Crippen LogP contribution in [0.3, 0.4) is 0 Å². The van der Waals surface area contributed by atoms with E-state index in [9.17, 15) is 4.79 Å². The predicted octanol–water partition coefficient (Wildman–Crippen LogP) is 1.72. The Morgan fingerprint density at radius 2 is 2.12 bits per heavy atom. The van der Waals surface area contributed by atoms with Gasteiger partial charge in [-0.25, -0.2) is 10.6 Å². The van der Waals surface area contributed by atoms with Crippen LogP contribution >= 0.6 is 23.2 Å². The molecule has 0 unspecified atom stereocenters. The molecule has 0 heterocycles. The zero-order valence-electron chi connectivity index (χ0n) is 8.46. The molecule has 16 heavy (non-hydrogen) atoms. The third-order valence-corrected chi connectivity index (χ3v) is 2.55. The number of carbonyl (C=O) groups excluding carboxylic acids is 1. The molecule has 0 aliphatic carbocycles. The first-order valence-corrected chi connectivity index (χ1v) is 5.18. The van der Waals surface area contributed by atoms with Crippen molar-refractivity contribution < 1.29 is 9.63 Å². The number of rotatable bonds is 4. The molecule has 1 atom stereocenters. The van der Waals surface area contributed by atoms with E-state index in [-0.39, 0.29) is 0 Å². The Bertz CT molecular complexity index is 387. The maximum atomic E-state index is 11.2. The Kier molecular flexibility index (Phi) is 4.82. The first-order chi connectivity index (χ1) is 7.54. The second kappa shape index (κ2) is 5.91. The topological polar surface area (TPSA) is 76.4 Å². The number of benzene rings is 1. The fourth-order valence-electron chi connectivity index (χ4n) is 1.04. The Labute approximate surface area is 103 Å². The van der Waals surface area contributed by atoms with Crippen LogP contribution in [-0.2, 0) is 9.63 Å². The summed E-state index contributed by atoms with van der Waals surface area (Å²) in [5, 5.41) is 3.74. The van der Waals surface area contributed by atoms with Crippen LogP contribution < -0.4 is 16.7 Å². The van der Waals surface area contributed by atoms with Gasteiger partial charge in [0.1, 0.15) is 6.04 Å². The molecule has 0 spiro atoms. The lowest BCUT2D eigenvalue weighted by molar-refractivity contribution is -0.151. The Hall–Kier alpha value is -1.01. The van der Waals surface area contributed by atoms with Gasteiger partial charge in [0.05, 0.1) is 10.0 Å². The van der Waals surface area contributed by atoms with Crippen molar-refractivity contribution in [3.63, 3.8) is 0 Å². The average Bonchev–Trinajstić information content (AvgIpc) is 2.24. The predicted molar refractivity (Wildman–Crippen MR) is 63.0 cm³/mol. The van der Waals surface area contributed by atoms with E-state index in [2.05, 4.69) is 10.2 Å². The lowest BCUT2D eigenvalue weighted by Crippen LogP contribution is -2.35. The minimum absolute atomic E-state index is 0.407. The summed E-state index contributed by atoms with van der Waals surface area (Å²) in [7, 11) is 0. The van der Waals surface area contributed by atoms with Gasteiger partial charge in [0.2, 0.25) is 0 Å². The Balaban J connectivity index is 2.66. The van der Waals surface area contributed by atoms with Crippen molar-refractivity contribution in [3.8, 4) is 0 Å². The number of anilines is 1. The van der Waals surface area contributed by atoms with Gasteiger partial charge in [-0.15, -0.1) is 0 Å². The Morgan fingerprint density at radius 1 is 1.44 bits per heavy atom. The zero-order valence-corrected chi connectivity index (χ0v) is 9.97.